The van der Waals surface area contributed by atoms with Crippen molar-refractivity contribution < 1.29 is 25.0 Å². The Morgan fingerprint density at radius 2 is 1.37 bits per heavy atom. The molecular formula is C12H10O5S2. The van der Waals surface area contributed by atoms with Gasteiger partial charge in [0.25, 0.3) is 0 Å². The van der Waals surface area contributed by atoms with Crippen LogP contribution in [0.25, 0.3) is 9.40 Å². The van der Waals surface area contributed by atoms with Gasteiger partial charge in [-0.2, -0.15) is 0 Å². The lowest BCUT2D eigenvalue weighted by Gasteiger charge is -1.99. The van der Waals surface area contributed by atoms with Crippen molar-refractivity contribution in [3.63, 3.8) is 0 Å². The molecular weight excluding hydrogens is 288 g/mol. The zero-order valence-corrected chi connectivity index (χ0v) is 11.1. The van der Waals surface area contributed by atoms with Crippen LogP contribution in [0.2, 0.25) is 0 Å². The standard InChI is InChI=1S/C6H6O3S.C6H4O2S/c7-4-2-1-3-5(10-9)6(4)8;7-5-3-1-2-4(9-3)6(5)8/h1-3,7-9H;1-2,7-8H. The Balaban J connectivity index is 0.000000141. The molecule has 0 saturated heterocycles. The second kappa shape index (κ2) is 5.43. The van der Waals surface area contributed by atoms with Crippen molar-refractivity contribution in [2.24, 2.45) is 0 Å². The van der Waals surface area contributed by atoms with E-state index in [9.17, 15) is 0 Å². The quantitative estimate of drug-likeness (QED) is 0.348. The number of phenolic OH excluding ortho intramolecular Hbond substituents is 4. The number of benzene rings is 2. The highest BCUT2D eigenvalue weighted by Crippen LogP contribution is 2.44. The number of hydrogen-bond acceptors (Lipinski definition) is 7. The van der Waals surface area contributed by atoms with Crippen molar-refractivity contribution in [3.05, 3.63) is 30.3 Å². The second-order valence-electron chi connectivity index (χ2n) is 3.58. The maximum Gasteiger partial charge on any atom is 0.176 e. The fourth-order valence-corrected chi connectivity index (χ4v) is 2.64. The number of hydrogen-bond donors (Lipinski definition) is 5. The summed E-state index contributed by atoms with van der Waals surface area (Å²) in [5.74, 6) is -0.455. The molecule has 3 rings (SSSR count). The molecule has 100 valence electrons. The van der Waals surface area contributed by atoms with Gasteiger partial charge in [-0.1, -0.05) is 6.07 Å². The summed E-state index contributed by atoms with van der Waals surface area (Å²) in [4.78, 5) is 0.250. The number of fused-ring (bicyclic) bond motifs is 2. The summed E-state index contributed by atoms with van der Waals surface area (Å²) in [5.41, 5.74) is 0. The van der Waals surface area contributed by atoms with E-state index in [0.29, 0.717) is 12.0 Å². The monoisotopic (exact) mass is 298 g/mol. The van der Waals surface area contributed by atoms with Crippen molar-refractivity contribution in [1.29, 1.82) is 0 Å². The first kappa shape index (κ1) is 13.6. The summed E-state index contributed by atoms with van der Waals surface area (Å²) >= 11 is 1.80. The van der Waals surface area contributed by atoms with Gasteiger partial charge >= 0.3 is 0 Å². The molecule has 0 aliphatic rings. The normalized spacial score (nSPS) is 10.4. The fraction of sp³-hybridized carbons (Fsp3) is 0. The molecule has 0 aliphatic carbocycles. The topological polar surface area (TPSA) is 101 Å². The van der Waals surface area contributed by atoms with Crippen LogP contribution in [0.15, 0.2) is 35.2 Å². The zero-order chi connectivity index (χ0) is 14.0. The van der Waals surface area contributed by atoms with Gasteiger partial charge in [-0.3, -0.25) is 0 Å². The van der Waals surface area contributed by atoms with E-state index in [-0.39, 0.29) is 27.9 Å². The molecule has 2 bridgehead atoms. The Morgan fingerprint density at radius 3 is 1.74 bits per heavy atom. The molecule has 19 heavy (non-hydrogen) atoms. The Hall–Kier alpha value is -1.83. The predicted octanol–water partition coefficient (Wildman–Crippen LogP) is 3.41. The van der Waals surface area contributed by atoms with E-state index in [1.807, 2.05) is 0 Å². The summed E-state index contributed by atoms with van der Waals surface area (Å²) in [7, 11) is 0. The minimum atomic E-state index is -0.282. The van der Waals surface area contributed by atoms with Gasteiger partial charge in [0.2, 0.25) is 0 Å². The average Bonchev–Trinajstić information content (AvgIpc) is 2.98. The molecule has 0 spiro atoms. The van der Waals surface area contributed by atoms with Gasteiger partial charge in [-0.15, -0.1) is 11.3 Å². The van der Waals surface area contributed by atoms with Crippen LogP contribution >= 0.6 is 23.4 Å². The Labute approximate surface area is 116 Å². The number of phenols is 4. The minimum absolute atomic E-state index is 0.0255. The SMILES string of the molecule is OSc1cccc(O)c1O.Oc1c(O)c2ccc1s2. The molecule has 0 radical (unpaired) electrons. The Morgan fingerprint density at radius 1 is 0.789 bits per heavy atom. The highest BCUT2D eigenvalue weighted by molar-refractivity contribution is 7.93. The van der Waals surface area contributed by atoms with Crippen LogP contribution in [0.4, 0.5) is 0 Å². The third kappa shape index (κ3) is 2.62. The van der Waals surface area contributed by atoms with Crippen molar-refractivity contribution in [2.75, 3.05) is 0 Å². The zero-order valence-electron chi connectivity index (χ0n) is 9.44. The van der Waals surface area contributed by atoms with Crippen LogP contribution < -0.4 is 0 Å². The second-order valence-corrected chi connectivity index (χ2v) is 5.28. The van der Waals surface area contributed by atoms with Gasteiger partial charge < -0.3 is 25.0 Å². The smallest absolute Gasteiger partial charge is 0.176 e. The molecule has 5 nitrogen and oxygen atoms in total. The van der Waals surface area contributed by atoms with Gasteiger partial charge in [-0.25, -0.2) is 0 Å². The van der Waals surface area contributed by atoms with Gasteiger partial charge in [0.1, 0.15) is 0 Å². The maximum atomic E-state index is 8.99. The van der Waals surface area contributed by atoms with Crippen LogP contribution in [0.3, 0.4) is 0 Å². The van der Waals surface area contributed by atoms with Gasteiger partial charge in [0.15, 0.2) is 23.0 Å². The predicted molar refractivity (Wildman–Crippen MR) is 74.6 cm³/mol. The van der Waals surface area contributed by atoms with Crippen LogP contribution in [0, 0.1) is 0 Å². The summed E-state index contributed by atoms with van der Waals surface area (Å²) in [6.07, 6.45) is 0. The molecule has 3 aromatic rings. The molecule has 7 heteroatoms. The number of thiophene rings is 2. The lowest BCUT2D eigenvalue weighted by atomic mass is 10.3. The molecule has 0 amide bonds. The molecule has 0 aliphatic heterocycles. The Kier molecular flexibility index (Phi) is 3.89. The molecule has 1 aromatic carbocycles. The molecule has 0 saturated carbocycles. The van der Waals surface area contributed by atoms with E-state index in [4.69, 9.17) is 25.0 Å². The summed E-state index contributed by atoms with van der Waals surface area (Å²) in [5, 5.41) is 35.8. The van der Waals surface area contributed by atoms with Crippen molar-refractivity contribution >= 4 is 32.8 Å². The van der Waals surface area contributed by atoms with Gasteiger partial charge in [0.05, 0.1) is 14.3 Å². The first-order chi connectivity index (χ1) is 9.04. The van der Waals surface area contributed by atoms with Gasteiger partial charge in [0, 0.05) is 12.0 Å². The highest BCUT2D eigenvalue weighted by atomic mass is 32.2. The third-order valence-corrected chi connectivity index (χ3v) is 4.00. The van der Waals surface area contributed by atoms with E-state index in [0.717, 1.165) is 9.40 Å². The summed E-state index contributed by atoms with van der Waals surface area (Å²) < 4.78 is 9.99. The number of para-hydroxylation sites is 1. The highest BCUT2D eigenvalue weighted by Gasteiger charge is 2.10. The molecule has 0 atom stereocenters. The fourth-order valence-electron chi connectivity index (χ4n) is 1.41. The van der Waals surface area contributed by atoms with E-state index >= 15 is 0 Å². The van der Waals surface area contributed by atoms with E-state index in [1.165, 1.54) is 29.5 Å². The largest absolute Gasteiger partial charge is 0.504 e. The number of aromatic hydroxyl groups is 4. The maximum absolute atomic E-state index is 8.99. The van der Waals surface area contributed by atoms with E-state index in [1.54, 1.807) is 12.1 Å². The van der Waals surface area contributed by atoms with Crippen LogP contribution in [0.1, 0.15) is 0 Å². The number of rotatable bonds is 1. The van der Waals surface area contributed by atoms with Crippen LogP contribution in [0.5, 0.6) is 23.0 Å². The first-order valence-electron chi connectivity index (χ1n) is 5.09. The summed E-state index contributed by atoms with van der Waals surface area (Å²) in [6.45, 7) is 0. The lowest BCUT2D eigenvalue weighted by Crippen LogP contribution is -1.72. The minimum Gasteiger partial charge on any atom is -0.504 e. The van der Waals surface area contributed by atoms with Crippen molar-refractivity contribution in [3.8, 4) is 23.0 Å². The first-order valence-corrected chi connectivity index (χ1v) is 6.68. The molecule has 0 fully saturated rings. The van der Waals surface area contributed by atoms with Crippen LogP contribution in [-0.4, -0.2) is 25.0 Å². The van der Waals surface area contributed by atoms with Crippen molar-refractivity contribution in [2.45, 2.75) is 4.90 Å². The van der Waals surface area contributed by atoms with Gasteiger partial charge in [-0.05, 0) is 24.3 Å². The molecule has 2 heterocycles. The average molecular weight is 298 g/mol. The molecule has 5 N–H and O–H groups in total. The van der Waals surface area contributed by atoms with Crippen LogP contribution in [-0.2, 0) is 0 Å². The molecule has 0 unspecified atom stereocenters. The lowest BCUT2D eigenvalue weighted by molar-refractivity contribution is 0.394. The Bertz CT molecular complexity index is 649. The summed E-state index contributed by atoms with van der Waals surface area (Å²) in [6, 6.07) is 7.95. The third-order valence-electron chi connectivity index (χ3n) is 2.37. The van der Waals surface area contributed by atoms with E-state index in [2.05, 4.69) is 0 Å². The van der Waals surface area contributed by atoms with E-state index < -0.39 is 0 Å². The van der Waals surface area contributed by atoms with Crippen molar-refractivity contribution in [1.82, 2.24) is 0 Å². The molecule has 2 aromatic heterocycles.